The van der Waals surface area contributed by atoms with E-state index in [-0.39, 0.29) is 0 Å². The number of aromatic nitrogens is 1. The van der Waals surface area contributed by atoms with E-state index in [0.29, 0.717) is 0 Å². The Kier molecular flexibility index (Phi) is 8.00. The topological polar surface area (TPSA) is 8.17 Å². The van der Waals surface area contributed by atoms with Crippen molar-refractivity contribution in [1.82, 2.24) is 4.57 Å². The van der Waals surface area contributed by atoms with Crippen LogP contribution in [0.3, 0.4) is 0 Å². The summed E-state index contributed by atoms with van der Waals surface area (Å²) >= 11 is 0. The molecule has 9 aromatic rings. The van der Waals surface area contributed by atoms with Gasteiger partial charge in [0.2, 0.25) is 0 Å². The Labute approximate surface area is 316 Å². The van der Waals surface area contributed by atoms with Crippen LogP contribution in [0.1, 0.15) is 18.4 Å². The van der Waals surface area contributed by atoms with Gasteiger partial charge in [-0.3, -0.25) is 0 Å². The van der Waals surface area contributed by atoms with Crippen LogP contribution in [0.25, 0.3) is 66.1 Å². The van der Waals surface area contributed by atoms with Crippen LogP contribution < -0.4 is 4.90 Å². The highest BCUT2D eigenvalue weighted by molar-refractivity contribution is 6.09. The van der Waals surface area contributed by atoms with Gasteiger partial charge in [0.05, 0.1) is 11.0 Å². The molecule has 0 amide bonds. The molecule has 0 saturated carbocycles. The summed E-state index contributed by atoms with van der Waals surface area (Å²) in [5.41, 5.74) is 14.7. The molecule has 0 spiro atoms. The molecule has 1 heterocycles. The van der Waals surface area contributed by atoms with Crippen molar-refractivity contribution in [3.05, 3.63) is 218 Å². The van der Waals surface area contributed by atoms with Gasteiger partial charge in [0, 0.05) is 33.5 Å². The van der Waals surface area contributed by atoms with E-state index >= 15 is 0 Å². The second kappa shape index (κ2) is 13.6. The molecule has 1 aliphatic carbocycles. The van der Waals surface area contributed by atoms with Crippen LogP contribution in [0.4, 0.5) is 11.4 Å². The lowest BCUT2D eigenvalue weighted by Crippen LogP contribution is -2.18. The molecule has 1 aromatic heterocycles. The minimum Gasteiger partial charge on any atom is -0.314 e. The van der Waals surface area contributed by atoms with E-state index in [2.05, 4.69) is 216 Å². The summed E-state index contributed by atoms with van der Waals surface area (Å²) in [7, 11) is 0. The Morgan fingerprint density at radius 1 is 0.389 bits per heavy atom. The zero-order valence-electron chi connectivity index (χ0n) is 29.9. The summed E-state index contributed by atoms with van der Waals surface area (Å²) in [6.45, 7) is 0. The van der Waals surface area contributed by atoms with Gasteiger partial charge in [0.1, 0.15) is 0 Å². The van der Waals surface area contributed by atoms with Gasteiger partial charge < -0.3 is 9.47 Å². The zero-order valence-corrected chi connectivity index (χ0v) is 29.9. The SMILES string of the molecule is C1=C(c2cccc3ccccc23)CCC(N(c2ccc(-c3cccc(-n4c5ccccc5c5ccccc54)c3)cc2)c2cccc(-c3ccccc3)c2)=C1. The number of para-hydroxylation sites is 2. The van der Waals surface area contributed by atoms with Gasteiger partial charge in [-0.05, 0) is 112 Å². The van der Waals surface area contributed by atoms with Crippen LogP contribution in [0, 0.1) is 0 Å². The predicted octanol–water partition coefficient (Wildman–Crippen LogP) is 14.2. The maximum atomic E-state index is 2.45. The number of rotatable bonds is 7. The molecule has 0 atom stereocenters. The molecule has 2 heteroatoms. The highest BCUT2D eigenvalue weighted by Crippen LogP contribution is 2.40. The monoisotopic (exact) mass is 690 g/mol. The van der Waals surface area contributed by atoms with E-state index in [9.17, 15) is 0 Å². The largest absolute Gasteiger partial charge is 0.314 e. The Balaban J connectivity index is 1.04. The molecule has 0 unspecified atom stereocenters. The van der Waals surface area contributed by atoms with Crippen LogP contribution in [-0.4, -0.2) is 4.57 Å². The summed E-state index contributed by atoms with van der Waals surface area (Å²) in [6, 6.07) is 70.4. The third kappa shape index (κ3) is 5.70. The van der Waals surface area contributed by atoms with Crippen LogP contribution in [0.2, 0.25) is 0 Å². The van der Waals surface area contributed by atoms with E-state index in [1.54, 1.807) is 0 Å². The van der Waals surface area contributed by atoms with Crippen molar-refractivity contribution in [2.45, 2.75) is 12.8 Å². The molecular formula is C52H38N2. The molecule has 54 heavy (non-hydrogen) atoms. The first-order valence-corrected chi connectivity index (χ1v) is 18.8. The molecular weight excluding hydrogens is 653 g/mol. The van der Waals surface area contributed by atoms with Crippen molar-refractivity contribution in [3.63, 3.8) is 0 Å². The predicted molar refractivity (Wildman–Crippen MR) is 229 cm³/mol. The van der Waals surface area contributed by atoms with E-state index in [0.717, 1.165) is 29.9 Å². The molecule has 1 aliphatic rings. The Morgan fingerprint density at radius 2 is 0.981 bits per heavy atom. The summed E-state index contributed by atoms with van der Waals surface area (Å²) in [5.74, 6) is 0. The van der Waals surface area contributed by atoms with Gasteiger partial charge in [0.15, 0.2) is 0 Å². The second-order valence-corrected chi connectivity index (χ2v) is 14.1. The summed E-state index contributed by atoms with van der Waals surface area (Å²) < 4.78 is 2.39. The van der Waals surface area contributed by atoms with Gasteiger partial charge in [-0.2, -0.15) is 0 Å². The highest BCUT2D eigenvalue weighted by atomic mass is 15.1. The van der Waals surface area contributed by atoms with Gasteiger partial charge >= 0.3 is 0 Å². The first kappa shape index (κ1) is 31.8. The number of benzene rings is 8. The number of hydrogen-bond acceptors (Lipinski definition) is 1. The zero-order chi connectivity index (χ0) is 35.8. The fourth-order valence-electron chi connectivity index (χ4n) is 8.31. The minimum atomic E-state index is 0.938. The van der Waals surface area contributed by atoms with Crippen molar-refractivity contribution >= 4 is 49.5 Å². The first-order valence-electron chi connectivity index (χ1n) is 18.8. The number of fused-ring (bicyclic) bond motifs is 4. The fourth-order valence-corrected chi connectivity index (χ4v) is 8.31. The normalized spacial score (nSPS) is 12.9. The lowest BCUT2D eigenvalue weighted by molar-refractivity contribution is 0.931. The Bertz CT molecular complexity index is 2810. The van der Waals surface area contributed by atoms with Crippen molar-refractivity contribution in [3.8, 4) is 27.9 Å². The molecule has 256 valence electrons. The smallest absolute Gasteiger partial charge is 0.0541 e. The van der Waals surface area contributed by atoms with E-state index < -0.39 is 0 Å². The number of anilines is 2. The van der Waals surface area contributed by atoms with Crippen molar-refractivity contribution in [2.75, 3.05) is 4.90 Å². The molecule has 0 saturated heterocycles. The molecule has 8 aromatic carbocycles. The second-order valence-electron chi connectivity index (χ2n) is 14.1. The van der Waals surface area contributed by atoms with E-state index in [4.69, 9.17) is 0 Å². The van der Waals surface area contributed by atoms with Crippen molar-refractivity contribution < 1.29 is 0 Å². The van der Waals surface area contributed by atoms with Gasteiger partial charge in [-0.25, -0.2) is 0 Å². The van der Waals surface area contributed by atoms with Crippen LogP contribution in [0.5, 0.6) is 0 Å². The van der Waals surface area contributed by atoms with Gasteiger partial charge in [0.25, 0.3) is 0 Å². The molecule has 0 bridgehead atoms. The van der Waals surface area contributed by atoms with E-state index in [1.165, 1.54) is 71.7 Å². The summed E-state index contributed by atoms with van der Waals surface area (Å²) in [6.07, 6.45) is 6.58. The molecule has 2 nitrogen and oxygen atoms in total. The molecule has 0 fully saturated rings. The first-order chi connectivity index (χ1) is 26.8. The molecule has 0 aliphatic heterocycles. The molecule has 0 N–H and O–H groups in total. The van der Waals surface area contributed by atoms with E-state index in [1.807, 2.05) is 0 Å². The Morgan fingerprint density at radius 3 is 1.72 bits per heavy atom. The van der Waals surface area contributed by atoms with Crippen LogP contribution >= 0.6 is 0 Å². The maximum absolute atomic E-state index is 2.45. The lowest BCUT2D eigenvalue weighted by atomic mass is 9.91. The number of allylic oxidation sites excluding steroid dienone is 4. The van der Waals surface area contributed by atoms with Gasteiger partial charge in [-0.15, -0.1) is 0 Å². The number of hydrogen-bond donors (Lipinski definition) is 0. The number of nitrogens with zero attached hydrogens (tertiary/aromatic N) is 2. The summed E-state index contributed by atoms with van der Waals surface area (Å²) in [5, 5.41) is 5.14. The average Bonchev–Trinajstić information content (AvgIpc) is 3.59. The quantitative estimate of drug-likeness (QED) is 0.162. The van der Waals surface area contributed by atoms with Crippen molar-refractivity contribution in [1.29, 1.82) is 0 Å². The third-order valence-corrected chi connectivity index (χ3v) is 10.9. The average molecular weight is 691 g/mol. The fraction of sp³-hybridized carbons (Fsp3) is 0.0385. The van der Waals surface area contributed by atoms with Crippen LogP contribution in [0.15, 0.2) is 212 Å². The molecule has 10 rings (SSSR count). The maximum Gasteiger partial charge on any atom is 0.0541 e. The van der Waals surface area contributed by atoms with Gasteiger partial charge in [-0.1, -0.05) is 152 Å². The lowest BCUT2D eigenvalue weighted by Gasteiger charge is -2.30. The third-order valence-electron chi connectivity index (χ3n) is 10.9. The van der Waals surface area contributed by atoms with Crippen LogP contribution in [-0.2, 0) is 0 Å². The molecule has 0 radical (unpaired) electrons. The standard InChI is InChI=1S/C52H38N2/c1-2-13-37(14-3-1)41-17-10-19-45(35-41)53(44-33-29-40(30-34-44)48-24-12-16-39-15-4-5-21-47(39)48)43-31-27-38(28-32-43)42-18-11-20-46(36-42)54-51-25-8-6-22-49(51)50-23-7-9-26-52(50)54/h1-29,31-33,35-36H,30,34H2. The summed E-state index contributed by atoms with van der Waals surface area (Å²) in [4.78, 5) is 2.45. The highest BCUT2D eigenvalue weighted by Gasteiger charge is 2.20. The minimum absolute atomic E-state index is 0.938. The Hall–Kier alpha value is -6.90. The van der Waals surface area contributed by atoms with Crippen molar-refractivity contribution in [2.24, 2.45) is 0 Å².